The fourth-order valence-electron chi connectivity index (χ4n) is 8.27. The molecule has 7 rings (SSSR count). The van der Waals surface area contributed by atoms with Gasteiger partial charge < -0.3 is 9.47 Å². The molecule has 0 spiro atoms. The summed E-state index contributed by atoms with van der Waals surface area (Å²) in [5, 5.41) is 5.13. The van der Waals surface area contributed by atoms with Gasteiger partial charge in [0.05, 0.1) is 17.1 Å². The smallest absolute Gasteiger partial charge is 0.0989 e. The molecule has 223 valence electrons. The Morgan fingerprint density at radius 1 is 0.591 bits per heavy atom. The molecule has 1 aromatic heterocycles. The third-order valence-corrected chi connectivity index (χ3v) is 9.85. The number of hydrogen-bond acceptors (Lipinski definition) is 1. The molecule has 1 radical (unpaired) electrons. The zero-order chi connectivity index (χ0) is 31.0. The Bertz CT molecular complexity index is 1990. The molecule has 0 aliphatic carbocycles. The second-order valence-corrected chi connectivity index (χ2v) is 14.8. The summed E-state index contributed by atoms with van der Waals surface area (Å²) >= 11 is 0. The number of fused-ring (bicyclic) bond motifs is 4. The van der Waals surface area contributed by atoms with Crippen LogP contribution in [0.15, 0.2) is 103 Å². The van der Waals surface area contributed by atoms with Crippen LogP contribution in [0.1, 0.15) is 90.3 Å². The van der Waals surface area contributed by atoms with Crippen molar-refractivity contribution < 1.29 is 0 Å². The zero-order valence-electron chi connectivity index (χ0n) is 27.6. The lowest BCUT2D eigenvalue weighted by Crippen LogP contribution is -2.42. The first-order valence-electron chi connectivity index (χ1n) is 16.3. The summed E-state index contributed by atoms with van der Waals surface area (Å²) in [7, 11) is 0. The van der Waals surface area contributed by atoms with Crippen LogP contribution in [0.2, 0.25) is 0 Å². The van der Waals surface area contributed by atoms with E-state index in [1.807, 2.05) is 0 Å². The Kier molecular flexibility index (Phi) is 6.70. The van der Waals surface area contributed by atoms with Gasteiger partial charge in [0, 0.05) is 27.7 Å². The molecule has 1 fully saturated rings. The Labute approximate surface area is 263 Å². The van der Waals surface area contributed by atoms with Crippen LogP contribution in [0.3, 0.4) is 0 Å². The average Bonchev–Trinajstić information content (AvgIpc) is 3.42. The summed E-state index contributed by atoms with van der Waals surface area (Å²) in [6.45, 7) is 19.1. The number of nitrogens with zero attached hydrogens (tertiary/aromatic N) is 2. The zero-order valence-corrected chi connectivity index (χ0v) is 27.6. The molecule has 0 bridgehead atoms. The van der Waals surface area contributed by atoms with Crippen LogP contribution in [0.25, 0.3) is 38.3 Å². The maximum atomic E-state index is 2.74. The van der Waals surface area contributed by atoms with Crippen LogP contribution >= 0.6 is 0 Å². The minimum atomic E-state index is -0.0263. The lowest BCUT2D eigenvalue weighted by Gasteiger charge is -2.42. The van der Waals surface area contributed by atoms with Gasteiger partial charge in [0.25, 0.3) is 0 Å². The van der Waals surface area contributed by atoms with Gasteiger partial charge in [0.1, 0.15) is 0 Å². The third-order valence-electron chi connectivity index (χ3n) is 9.85. The number of hydrogen-bond donors (Lipinski definition) is 0. The van der Waals surface area contributed by atoms with Crippen molar-refractivity contribution in [3.8, 4) is 5.69 Å². The van der Waals surface area contributed by atoms with Gasteiger partial charge in [-0.1, -0.05) is 114 Å². The van der Waals surface area contributed by atoms with Gasteiger partial charge in [-0.3, -0.25) is 0 Å². The lowest BCUT2D eigenvalue weighted by atomic mass is 9.78. The van der Waals surface area contributed by atoms with Crippen molar-refractivity contribution >= 4 is 38.3 Å². The molecule has 0 amide bonds. The first-order valence-corrected chi connectivity index (χ1v) is 16.3. The topological polar surface area (TPSA) is 8.17 Å². The van der Waals surface area contributed by atoms with E-state index >= 15 is 0 Å². The van der Waals surface area contributed by atoms with Crippen LogP contribution in [0, 0.1) is 11.5 Å². The molecule has 2 heterocycles. The van der Waals surface area contributed by atoms with Gasteiger partial charge in [-0.25, -0.2) is 0 Å². The molecule has 6 aromatic rings. The van der Waals surface area contributed by atoms with Crippen LogP contribution in [0.4, 0.5) is 5.69 Å². The van der Waals surface area contributed by atoms with Gasteiger partial charge in [-0.15, -0.1) is 0 Å². The van der Waals surface area contributed by atoms with Gasteiger partial charge in [0.2, 0.25) is 0 Å². The monoisotopic (exact) mass is 577 g/mol. The van der Waals surface area contributed by atoms with Crippen LogP contribution in [0.5, 0.6) is 0 Å². The highest BCUT2D eigenvalue weighted by Crippen LogP contribution is 2.57. The third kappa shape index (κ3) is 4.45. The normalized spacial score (nSPS) is 16.7. The van der Waals surface area contributed by atoms with Crippen LogP contribution in [-0.4, -0.2) is 10.1 Å². The average molecular weight is 578 g/mol. The van der Waals surface area contributed by atoms with Crippen molar-refractivity contribution in [2.45, 2.75) is 79.2 Å². The summed E-state index contributed by atoms with van der Waals surface area (Å²) in [6, 6.07) is 40.0. The molecular weight excluding hydrogens is 532 g/mol. The van der Waals surface area contributed by atoms with E-state index in [0.29, 0.717) is 11.8 Å². The van der Waals surface area contributed by atoms with E-state index in [1.165, 1.54) is 66.7 Å². The molecule has 0 atom stereocenters. The molecule has 0 unspecified atom stereocenters. The Morgan fingerprint density at radius 3 is 1.93 bits per heavy atom. The number of benzene rings is 5. The van der Waals surface area contributed by atoms with Crippen molar-refractivity contribution in [2.24, 2.45) is 5.41 Å². The summed E-state index contributed by atoms with van der Waals surface area (Å²) in [5.74, 6) is 0.874. The van der Waals surface area contributed by atoms with Crippen molar-refractivity contribution in [3.63, 3.8) is 0 Å². The minimum Gasteiger partial charge on any atom is -0.353 e. The van der Waals surface area contributed by atoms with E-state index in [-0.39, 0.29) is 11.0 Å². The lowest BCUT2D eigenvalue weighted by molar-refractivity contribution is 0.376. The quantitative estimate of drug-likeness (QED) is 0.198. The first kappa shape index (κ1) is 28.7. The second kappa shape index (κ2) is 10.3. The van der Waals surface area contributed by atoms with E-state index in [1.54, 1.807) is 0 Å². The maximum absolute atomic E-state index is 2.74. The van der Waals surface area contributed by atoms with Gasteiger partial charge in [0.15, 0.2) is 0 Å². The van der Waals surface area contributed by atoms with Crippen molar-refractivity contribution in [1.29, 1.82) is 0 Å². The molecule has 1 saturated heterocycles. The molecule has 0 saturated carbocycles. The Hall–Kier alpha value is -4.04. The Balaban J connectivity index is 1.47. The summed E-state index contributed by atoms with van der Waals surface area (Å²) in [5.41, 5.74) is 9.29. The summed E-state index contributed by atoms with van der Waals surface area (Å²) in [6.07, 6.45) is 1.09. The highest BCUT2D eigenvalue weighted by molar-refractivity contribution is 6.10. The summed E-state index contributed by atoms with van der Waals surface area (Å²) in [4.78, 5) is 2.74. The van der Waals surface area contributed by atoms with Crippen LogP contribution < -0.4 is 4.90 Å². The SMILES string of the molecule is CC(C)c1cccc(C(C)C)c1N1[C](c2ccc3c(c2)c2ccccc2n3-c2ccc3ccccc3c2)C(C)(C)CC1(C)C. The number of rotatable bonds is 5. The number of aromatic nitrogens is 1. The molecular formula is C42H45N2. The fraction of sp³-hybridized carbons (Fsp3) is 0.310. The maximum Gasteiger partial charge on any atom is 0.0989 e. The predicted octanol–water partition coefficient (Wildman–Crippen LogP) is 11.8. The molecule has 2 heteroatoms. The minimum absolute atomic E-state index is 0.00618. The fourth-order valence-corrected chi connectivity index (χ4v) is 8.27. The van der Waals surface area contributed by atoms with Crippen molar-refractivity contribution in [3.05, 3.63) is 126 Å². The van der Waals surface area contributed by atoms with E-state index in [9.17, 15) is 0 Å². The highest BCUT2D eigenvalue weighted by Gasteiger charge is 2.53. The Morgan fingerprint density at radius 2 is 1.23 bits per heavy atom. The van der Waals surface area contributed by atoms with E-state index in [4.69, 9.17) is 0 Å². The van der Waals surface area contributed by atoms with Gasteiger partial charge in [-0.05, 0) is 95.3 Å². The largest absolute Gasteiger partial charge is 0.353 e. The van der Waals surface area contributed by atoms with Crippen LogP contribution in [-0.2, 0) is 0 Å². The molecule has 1 aliphatic heterocycles. The van der Waals surface area contributed by atoms with E-state index < -0.39 is 0 Å². The molecule has 44 heavy (non-hydrogen) atoms. The molecule has 1 aliphatic rings. The van der Waals surface area contributed by atoms with Gasteiger partial charge in [-0.2, -0.15) is 0 Å². The van der Waals surface area contributed by atoms with Crippen molar-refractivity contribution in [1.82, 2.24) is 4.57 Å². The van der Waals surface area contributed by atoms with Crippen molar-refractivity contribution in [2.75, 3.05) is 4.90 Å². The molecule has 0 N–H and O–H groups in total. The second-order valence-electron chi connectivity index (χ2n) is 14.8. The van der Waals surface area contributed by atoms with E-state index in [0.717, 1.165) is 6.42 Å². The van der Waals surface area contributed by atoms with E-state index in [2.05, 4.69) is 168 Å². The molecule has 5 aromatic carbocycles. The molecule has 2 nitrogen and oxygen atoms in total. The van der Waals surface area contributed by atoms with Gasteiger partial charge >= 0.3 is 0 Å². The standard InChI is InChI=1S/C42H45N2/c1-27(2)33-17-13-18-34(28(3)4)39(33)44-40(41(5,6)26-42(44,7)8)31-21-23-38-36(25-31)35-16-11-12-19-37(35)43(38)32-22-20-29-14-9-10-15-30(29)24-32/h9-25,27-28H,26H2,1-8H3. The number of anilines is 1. The first-order chi connectivity index (χ1) is 21.0. The summed E-state index contributed by atoms with van der Waals surface area (Å²) < 4.78 is 2.44. The highest BCUT2D eigenvalue weighted by atomic mass is 15.3. The predicted molar refractivity (Wildman–Crippen MR) is 190 cm³/mol. The number of para-hydroxylation sites is 2.